The van der Waals surface area contributed by atoms with Gasteiger partial charge in [0.15, 0.2) is 5.96 Å². The van der Waals surface area contributed by atoms with E-state index in [1.807, 2.05) is 25.3 Å². The minimum absolute atomic E-state index is 0.00788. The monoisotopic (exact) mass is 425 g/mol. The number of nitro groups is 1. The fourth-order valence-electron chi connectivity index (χ4n) is 3.10. The Bertz CT molecular complexity index is 1020. The van der Waals surface area contributed by atoms with Crippen LogP contribution in [0.4, 0.5) is 5.69 Å². The lowest BCUT2D eigenvalue weighted by atomic mass is 10.1. The lowest BCUT2D eigenvalue weighted by Gasteiger charge is -2.14. The molecule has 4 N–H and O–H groups in total. The molecular weight excluding hydrogens is 398 g/mol. The number of H-pyrrole nitrogens is 1. The minimum Gasteiger partial charge on any atom is -0.491 e. The number of nitrogens with zero attached hydrogens (tertiary/aromatic N) is 2. The van der Waals surface area contributed by atoms with Crippen LogP contribution in [0.3, 0.4) is 0 Å². The molecule has 0 fully saturated rings. The van der Waals surface area contributed by atoms with Gasteiger partial charge >= 0.3 is 0 Å². The fraction of sp³-hybridized carbons (Fsp3) is 0.318. The zero-order chi connectivity index (χ0) is 22.1. The van der Waals surface area contributed by atoms with Gasteiger partial charge in [0, 0.05) is 42.3 Å². The summed E-state index contributed by atoms with van der Waals surface area (Å²) >= 11 is 0. The molecule has 0 radical (unpaired) electrons. The van der Waals surface area contributed by atoms with E-state index in [1.54, 1.807) is 0 Å². The third-order valence-corrected chi connectivity index (χ3v) is 4.66. The van der Waals surface area contributed by atoms with E-state index >= 15 is 0 Å². The zero-order valence-electron chi connectivity index (χ0n) is 17.4. The Kier molecular flexibility index (Phi) is 7.83. The molecule has 3 rings (SSSR count). The number of benzene rings is 2. The largest absolute Gasteiger partial charge is 0.491 e. The van der Waals surface area contributed by atoms with Crippen LogP contribution in [0.1, 0.15) is 12.5 Å². The van der Waals surface area contributed by atoms with Gasteiger partial charge in [0.05, 0.1) is 11.5 Å². The van der Waals surface area contributed by atoms with Gasteiger partial charge in [0.1, 0.15) is 18.5 Å². The molecule has 1 atom stereocenters. The highest BCUT2D eigenvalue weighted by molar-refractivity contribution is 5.83. The molecule has 0 spiro atoms. The smallest absolute Gasteiger partial charge is 0.269 e. The van der Waals surface area contributed by atoms with Crippen LogP contribution in [0.5, 0.6) is 5.75 Å². The zero-order valence-corrected chi connectivity index (χ0v) is 17.4. The quantitative estimate of drug-likeness (QED) is 0.171. The second kappa shape index (κ2) is 11.0. The second-order valence-corrected chi connectivity index (χ2v) is 6.97. The molecule has 0 bridgehead atoms. The van der Waals surface area contributed by atoms with Gasteiger partial charge in [0.25, 0.3) is 5.69 Å². The number of nitrogens with one attached hydrogen (secondary N) is 3. The van der Waals surface area contributed by atoms with Crippen LogP contribution in [-0.2, 0) is 6.42 Å². The summed E-state index contributed by atoms with van der Waals surface area (Å²) in [7, 11) is 0. The standard InChI is InChI=1S/C22H27N5O4/c1-2-23-22(24-12-11-16-13-25-21-6-4-3-5-20(16)21)26-14-18(28)15-31-19-9-7-17(8-10-19)27(29)30/h3-10,13,18,25,28H,2,11-12,14-15H2,1H3,(H2,23,24,26). The minimum atomic E-state index is -0.806. The SMILES string of the molecule is CCNC(=NCC(O)COc1ccc([N+](=O)[O-])cc1)NCCc1c[nH]c2ccccc12. The lowest BCUT2D eigenvalue weighted by molar-refractivity contribution is -0.384. The Morgan fingerprint density at radius 2 is 2.00 bits per heavy atom. The highest BCUT2D eigenvalue weighted by Crippen LogP contribution is 2.18. The van der Waals surface area contributed by atoms with Crippen LogP contribution in [0, 0.1) is 10.1 Å². The van der Waals surface area contributed by atoms with E-state index in [2.05, 4.69) is 32.7 Å². The highest BCUT2D eigenvalue weighted by Gasteiger charge is 2.09. The number of aromatic nitrogens is 1. The van der Waals surface area contributed by atoms with E-state index in [0.717, 1.165) is 11.9 Å². The summed E-state index contributed by atoms with van der Waals surface area (Å²) in [6.45, 7) is 3.58. The third-order valence-electron chi connectivity index (χ3n) is 4.66. The number of nitro benzene ring substituents is 1. The summed E-state index contributed by atoms with van der Waals surface area (Å²) in [5.74, 6) is 1.08. The van der Waals surface area contributed by atoms with Crippen LogP contribution in [0.15, 0.2) is 59.7 Å². The van der Waals surface area contributed by atoms with Crippen molar-refractivity contribution in [3.8, 4) is 5.75 Å². The number of ether oxygens (including phenoxy) is 1. The van der Waals surface area contributed by atoms with Crippen LogP contribution in [0.25, 0.3) is 10.9 Å². The molecular formula is C22H27N5O4. The number of rotatable bonds is 10. The van der Waals surface area contributed by atoms with Gasteiger partial charge in [-0.25, -0.2) is 0 Å². The van der Waals surface area contributed by atoms with Crippen LogP contribution in [0.2, 0.25) is 0 Å². The molecule has 1 unspecified atom stereocenters. The molecule has 1 heterocycles. The number of aliphatic hydroxyl groups is 1. The number of para-hydroxylation sites is 1. The molecule has 31 heavy (non-hydrogen) atoms. The summed E-state index contributed by atoms with van der Waals surface area (Å²) < 4.78 is 5.48. The van der Waals surface area contributed by atoms with Crippen LogP contribution >= 0.6 is 0 Å². The Balaban J connectivity index is 1.46. The van der Waals surface area contributed by atoms with Crippen molar-refractivity contribution in [3.63, 3.8) is 0 Å². The molecule has 0 aliphatic rings. The average Bonchev–Trinajstić information content (AvgIpc) is 3.19. The predicted octanol–water partition coefficient (Wildman–Crippen LogP) is 2.61. The molecule has 2 aromatic carbocycles. The third kappa shape index (κ3) is 6.45. The molecule has 9 heteroatoms. The van der Waals surface area contributed by atoms with Gasteiger partial charge in [-0.2, -0.15) is 0 Å². The second-order valence-electron chi connectivity index (χ2n) is 6.97. The van der Waals surface area contributed by atoms with E-state index in [0.29, 0.717) is 24.8 Å². The number of fused-ring (bicyclic) bond motifs is 1. The molecule has 0 aliphatic carbocycles. The number of non-ortho nitro benzene ring substituents is 1. The first-order valence-corrected chi connectivity index (χ1v) is 10.2. The molecule has 9 nitrogen and oxygen atoms in total. The van der Waals surface area contributed by atoms with Crippen LogP contribution in [-0.4, -0.2) is 53.3 Å². The topological polar surface area (TPSA) is 125 Å². The maximum absolute atomic E-state index is 10.7. The van der Waals surface area contributed by atoms with E-state index in [1.165, 1.54) is 35.2 Å². The summed E-state index contributed by atoms with van der Waals surface area (Å²) in [4.78, 5) is 17.9. The summed E-state index contributed by atoms with van der Waals surface area (Å²) in [5.41, 5.74) is 2.34. The van der Waals surface area contributed by atoms with Gasteiger partial charge in [-0.15, -0.1) is 0 Å². The van der Waals surface area contributed by atoms with Gasteiger partial charge < -0.3 is 25.5 Å². The van der Waals surface area contributed by atoms with Crippen molar-refractivity contribution in [3.05, 3.63) is 70.4 Å². The summed E-state index contributed by atoms with van der Waals surface area (Å²) in [6.07, 6.45) is 2.05. The number of hydrogen-bond donors (Lipinski definition) is 4. The van der Waals surface area contributed by atoms with E-state index in [4.69, 9.17) is 4.74 Å². The average molecular weight is 425 g/mol. The first-order chi connectivity index (χ1) is 15.1. The Hall–Kier alpha value is -3.59. The summed E-state index contributed by atoms with van der Waals surface area (Å²) in [5, 5.41) is 28.5. The normalized spacial score (nSPS) is 12.5. The van der Waals surface area contributed by atoms with Gasteiger partial charge in [-0.05, 0) is 37.1 Å². The number of guanidine groups is 1. The maximum Gasteiger partial charge on any atom is 0.269 e. The predicted molar refractivity (Wildman–Crippen MR) is 121 cm³/mol. The Morgan fingerprint density at radius 3 is 2.74 bits per heavy atom. The molecule has 0 saturated carbocycles. The van der Waals surface area contributed by atoms with Crippen molar-refractivity contribution >= 4 is 22.5 Å². The molecule has 0 saturated heterocycles. The van der Waals surface area contributed by atoms with Gasteiger partial charge in [-0.1, -0.05) is 18.2 Å². The number of aliphatic imine (C=N–C) groups is 1. The maximum atomic E-state index is 10.7. The number of hydrogen-bond acceptors (Lipinski definition) is 5. The van der Waals surface area contributed by atoms with E-state index < -0.39 is 11.0 Å². The van der Waals surface area contributed by atoms with Crippen molar-refractivity contribution in [2.75, 3.05) is 26.2 Å². The molecule has 0 aliphatic heterocycles. The first-order valence-electron chi connectivity index (χ1n) is 10.2. The first kappa shape index (κ1) is 22.1. The highest BCUT2D eigenvalue weighted by atomic mass is 16.6. The molecule has 1 aromatic heterocycles. The number of aliphatic hydroxyl groups excluding tert-OH is 1. The van der Waals surface area contributed by atoms with Crippen LogP contribution < -0.4 is 15.4 Å². The van der Waals surface area contributed by atoms with Crippen molar-refractivity contribution in [1.29, 1.82) is 0 Å². The molecule has 164 valence electrons. The van der Waals surface area contributed by atoms with Crippen molar-refractivity contribution < 1.29 is 14.8 Å². The van der Waals surface area contributed by atoms with E-state index in [9.17, 15) is 15.2 Å². The van der Waals surface area contributed by atoms with Gasteiger partial charge in [-0.3, -0.25) is 15.1 Å². The Labute approximate surface area is 180 Å². The molecule has 0 amide bonds. The van der Waals surface area contributed by atoms with Crippen molar-refractivity contribution in [1.82, 2.24) is 15.6 Å². The van der Waals surface area contributed by atoms with Gasteiger partial charge in [0.2, 0.25) is 0 Å². The van der Waals surface area contributed by atoms with Crippen molar-refractivity contribution in [2.24, 2.45) is 4.99 Å². The Morgan fingerprint density at radius 1 is 1.23 bits per heavy atom. The van der Waals surface area contributed by atoms with Crippen molar-refractivity contribution in [2.45, 2.75) is 19.4 Å². The lowest BCUT2D eigenvalue weighted by Crippen LogP contribution is -2.39. The fourth-order valence-corrected chi connectivity index (χ4v) is 3.10. The number of aromatic amines is 1. The molecule has 3 aromatic rings. The van der Waals surface area contributed by atoms with E-state index in [-0.39, 0.29) is 18.8 Å². The summed E-state index contributed by atoms with van der Waals surface area (Å²) in [6, 6.07) is 13.9.